The van der Waals surface area contributed by atoms with Crippen LogP contribution in [0.5, 0.6) is 11.5 Å². The monoisotopic (exact) mass is 776 g/mol. The Bertz CT molecular complexity index is 1340. The van der Waals surface area contributed by atoms with E-state index in [1.165, 1.54) is 21.7 Å². The first-order valence-electron chi connectivity index (χ1n) is 11.4. The van der Waals surface area contributed by atoms with Gasteiger partial charge < -0.3 is 0 Å². The summed E-state index contributed by atoms with van der Waals surface area (Å²) in [6.07, 6.45) is 0. The van der Waals surface area contributed by atoms with Crippen molar-refractivity contribution < 1.29 is 9.47 Å². The van der Waals surface area contributed by atoms with E-state index in [1.807, 2.05) is 0 Å². The third-order valence-corrected chi connectivity index (χ3v) is 49.9. The fourth-order valence-corrected chi connectivity index (χ4v) is 63.7. The number of hydrogen-bond acceptors (Lipinski definition) is 2. The van der Waals surface area contributed by atoms with E-state index in [2.05, 4.69) is 139 Å². The van der Waals surface area contributed by atoms with E-state index in [0.29, 0.717) is 38.1 Å². The van der Waals surface area contributed by atoms with Crippen LogP contribution in [0.25, 0.3) is 0 Å². The second-order valence-corrected chi connectivity index (χ2v) is 40.9. The Balaban J connectivity index is 1.74. The van der Waals surface area contributed by atoms with Crippen molar-refractivity contribution in [1.29, 1.82) is 0 Å². The third kappa shape index (κ3) is 5.30. The molecule has 4 aromatic carbocycles. The molecule has 0 aromatic heterocycles. The van der Waals surface area contributed by atoms with E-state index in [0.717, 1.165) is 11.5 Å². The van der Waals surface area contributed by atoms with Crippen LogP contribution >= 0.6 is 8.40 Å². The standard InChI is InChI=1S/C28H26O2P2Se4/c1-29-23-13-9-11-21(19-23)27-31(33,25-15-5-3-6-16-25)36-28(22-12-10-14-24(20-22)30-2)32(34,35-27)26-17-7-4-8-18-26/h3-20,27-28H,1-2H3/t27-,28+,31-,32+. The first-order chi connectivity index (χ1) is 17.5. The van der Waals surface area contributed by atoms with Gasteiger partial charge in [0, 0.05) is 0 Å². The second kappa shape index (κ2) is 11.7. The summed E-state index contributed by atoms with van der Waals surface area (Å²) in [5.41, 5.74) is 2.82. The number of benzene rings is 4. The van der Waals surface area contributed by atoms with E-state index < -0.39 is 8.40 Å². The molecule has 36 heavy (non-hydrogen) atoms. The molecule has 0 unspecified atom stereocenters. The molecule has 0 aliphatic carbocycles. The van der Waals surface area contributed by atoms with Gasteiger partial charge in [0.15, 0.2) is 0 Å². The number of ether oxygens (including phenoxy) is 2. The van der Waals surface area contributed by atoms with Crippen LogP contribution in [0.2, 0.25) is 0 Å². The van der Waals surface area contributed by atoms with Gasteiger partial charge in [-0.2, -0.15) is 0 Å². The molecule has 2 nitrogen and oxygen atoms in total. The minimum atomic E-state index is -1.65. The molecule has 1 aliphatic rings. The quantitative estimate of drug-likeness (QED) is 0.191. The average molecular weight is 772 g/mol. The summed E-state index contributed by atoms with van der Waals surface area (Å²) in [6, 6.07) is 40.1. The predicted molar refractivity (Wildman–Crippen MR) is 160 cm³/mol. The molecular formula is C28H26O2P2Se4. The Morgan fingerprint density at radius 1 is 0.556 bits per heavy atom. The van der Waals surface area contributed by atoms with Crippen molar-refractivity contribution in [3.8, 4) is 11.5 Å². The van der Waals surface area contributed by atoms with Crippen molar-refractivity contribution in [2.45, 2.75) is 9.11 Å². The van der Waals surface area contributed by atoms with Crippen LogP contribution in [-0.4, -0.2) is 73.4 Å². The summed E-state index contributed by atoms with van der Waals surface area (Å²) < 4.78 is 9.02. The first kappa shape index (κ1) is 27.0. The Labute approximate surface area is 240 Å². The second-order valence-electron chi connectivity index (χ2n) is 8.33. The van der Waals surface area contributed by atoms with Crippen molar-refractivity contribution in [2.24, 2.45) is 0 Å². The van der Waals surface area contributed by atoms with Gasteiger partial charge in [0.2, 0.25) is 0 Å². The molecule has 0 bridgehead atoms. The van der Waals surface area contributed by atoms with E-state index in [-0.39, 0.29) is 0 Å². The van der Waals surface area contributed by atoms with Crippen LogP contribution in [0.15, 0.2) is 109 Å². The van der Waals surface area contributed by atoms with Gasteiger partial charge in [-0.25, -0.2) is 0 Å². The molecule has 4 aromatic rings. The van der Waals surface area contributed by atoms with Gasteiger partial charge in [-0.3, -0.25) is 0 Å². The van der Waals surface area contributed by atoms with Crippen LogP contribution < -0.4 is 20.1 Å². The van der Waals surface area contributed by atoms with E-state index >= 15 is 0 Å². The number of hydrogen-bond donors (Lipinski definition) is 0. The topological polar surface area (TPSA) is 18.5 Å². The van der Waals surface area contributed by atoms with Crippen LogP contribution in [0.1, 0.15) is 20.2 Å². The van der Waals surface area contributed by atoms with Crippen molar-refractivity contribution in [2.75, 3.05) is 14.2 Å². The van der Waals surface area contributed by atoms with Crippen molar-refractivity contribution in [3.63, 3.8) is 0 Å². The van der Waals surface area contributed by atoms with Gasteiger partial charge in [-0.15, -0.1) is 0 Å². The van der Waals surface area contributed by atoms with Gasteiger partial charge in [-0.05, 0) is 0 Å². The fraction of sp³-hybridized carbons (Fsp3) is 0.143. The van der Waals surface area contributed by atoms with Crippen LogP contribution in [-0.2, 0) is 0 Å². The maximum absolute atomic E-state index is 5.67. The molecule has 184 valence electrons. The summed E-state index contributed by atoms with van der Waals surface area (Å²) in [7, 11) is 3.53. The van der Waals surface area contributed by atoms with Crippen LogP contribution in [0, 0.1) is 0 Å². The zero-order chi connectivity index (χ0) is 25.2. The molecular weight excluding hydrogens is 746 g/mol. The van der Waals surface area contributed by atoms with E-state index in [9.17, 15) is 0 Å². The molecule has 4 atom stereocenters. The minimum absolute atomic E-state index is 0.323. The molecule has 0 saturated carbocycles. The zero-order valence-electron chi connectivity index (χ0n) is 19.9. The number of rotatable bonds is 6. The summed E-state index contributed by atoms with van der Waals surface area (Å²) in [4.78, 5) is 0. The van der Waals surface area contributed by atoms with Gasteiger partial charge in [-0.1, -0.05) is 0 Å². The summed E-state index contributed by atoms with van der Waals surface area (Å²) >= 11 is 8.44. The predicted octanol–water partition coefficient (Wildman–Crippen LogP) is 5.51. The third-order valence-electron chi connectivity index (χ3n) is 6.12. The normalized spacial score (nSPS) is 25.7. The Morgan fingerprint density at radius 3 is 1.31 bits per heavy atom. The zero-order valence-corrected chi connectivity index (χ0v) is 28.5. The molecule has 8 heteroatoms. The maximum atomic E-state index is 5.67. The average Bonchev–Trinajstić information content (AvgIpc) is 2.95. The first-order valence-corrected chi connectivity index (χ1v) is 26.0. The molecule has 1 saturated heterocycles. The SMILES string of the molecule is COc1cccc([C@H]2[Se][P@@](=[Se])(c3ccccc3)[C@H](c3cccc(OC)c3)[Se][P@]2(=[Se])c2ccccc2)c1. The molecule has 5 rings (SSSR count). The number of methoxy groups -OCH3 is 2. The van der Waals surface area contributed by atoms with Crippen molar-refractivity contribution >= 4 is 78.2 Å². The van der Waals surface area contributed by atoms with Gasteiger partial charge in [0.25, 0.3) is 0 Å². The Kier molecular flexibility index (Phi) is 8.74. The van der Waals surface area contributed by atoms with E-state index in [1.54, 1.807) is 14.2 Å². The van der Waals surface area contributed by atoms with Gasteiger partial charge in [0.05, 0.1) is 0 Å². The van der Waals surface area contributed by atoms with E-state index in [4.69, 9.17) is 9.47 Å². The Morgan fingerprint density at radius 2 is 0.944 bits per heavy atom. The molecule has 0 amide bonds. The summed E-state index contributed by atoms with van der Waals surface area (Å²) in [5, 5.41) is 2.99. The van der Waals surface area contributed by atoms with Crippen molar-refractivity contribution in [3.05, 3.63) is 120 Å². The van der Waals surface area contributed by atoms with Gasteiger partial charge >= 0.3 is 243 Å². The van der Waals surface area contributed by atoms with Crippen LogP contribution in [0.3, 0.4) is 0 Å². The summed E-state index contributed by atoms with van der Waals surface area (Å²) in [5.74, 6) is 1.88. The van der Waals surface area contributed by atoms with Crippen molar-refractivity contribution in [1.82, 2.24) is 0 Å². The molecule has 0 N–H and O–H groups in total. The molecule has 1 fully saturated rings. The Hall–Kier alpha value is -0.582. The molecule has 0 spiro atoms. The molecule has 1 aliphatic heterocycles. The van der Waals surface area contributed by atoms with Gasteiger partial charge in [0.1, 0.15) is 0 Å². The summed E-state index contributed by atoms with van der Waals surface area (Å²) in [6.45, 7) is 0. The molecule has 1 heterocycles. The molecule has 0 radical (unpaired) electrons. The fourth-order valence-electron chi connectivity index (χ4n) is 4.30. The van der Waals surface area contributed by atoms with Crippen LogP contribution in [0.4, 0.5) is 0 Å².